The van der Waals surface area contributed by atoms with Gasteiger partial charge in [-0.15, -0.1) is 0 Å². The summed E-state index contributed by atoms with van der Waals surface area (Å²) in [5, 5.41) is 6.49. The molecule has 19 heavy (non-hydrogen) atoms. The second kappa shape index (κ2) is 5.69. The lowest BCUT2D eigenvalue weighted by Crippen LogP contribution is -2.13. The molecule has 100 valence electrons. The standard InChI is InChI=1S/C15H20N4/c1-10(11(2)16-3)15(17-4)12-8-14-13(19-9-12)6-5-7-18-14/h5-6,8-9,16,18H,7H2,1-4H3/b11-10+,17-15?. The number of pyridine rings is 1. The van der Waals surface area contributed by atoms with E-state index < -0.39 is 0 Å². The number of allylic oxidation sites excluding steroid dienone is 2. The van der Waals surface area contributed by atoms with Gasteiger partial charge in [-0.3, -0.25) is 9.98 Å². The monoisotopic (exact) mass is 256 g/mol. The zero-order valence-corrected chi connectivity index (χ0v) is 11.9. The summed E-state index contributed by atoms with van der Waals surface area (Å²) in [5.41, 5.74) is 6.31. The number of nitrogens with zero attached hydrogens (tertiary/aromatic N) is 2. The van der Waals surface area contributed by atoms with E-state index in [2.05, 4.69) is 39.7 Å². The van der Waals surface area contributed by atoms with Crippen LogP contribution in [-0.2, 0) is 0 Å². The first kappa shape index (κ1) is 13.3. The maximum Gasteiger partial charge on any atom is 0.0859 e. The molecule has 4 heteroatoms. The number of rotatable bonds is 3. The van der Waals surface area contributed by atoms with E-state index in [-0.39, 0.29) is 0 Å². The van der Waals surface area contributed by atoms with Gasteiger partial charge in [-0.1, -0.05) is 6.08 Å². The van der Waals surface area contributed by atoms with Gasteiger partial charge in [0.15, 0.2) is 0 Å². The molecule has 0 radical (unpaired) electrons. The lowest BCUT2D eigenvalue weighted by molar-refractivity contribution is 0.973. The molecule has 0 aliphatic carbocycles. The number of aromatic nitrogens is 1. The van der Waals surface area contributed by atoms with Crippen LogP contribution in [0.5, 0.6) is 0 Å². The number of aliphatic imine (C=N–C) groups is 1. The second-order valence-electron chi connectivity index (χ2n) is 4.51. The van der Waals surface area contributed by atoms with Crippen LogP contribution in [-0.4, -0.2) is 31.3 Å². The predicted molar refractivity (Wildman–Crippen MR) is 81.7 cm³/mol. The Morgan fingerprint density at radius 3 is 2.89 bits per heavy atom. The smallest absolute Gasteiger partial charge is 0.0859 e. The van der Waals surface area contributed by atoms with Crippen LogP contribution in [0.25, 0.3) is 6.08 Å². The molecule has 1 aliphatic rings. The molecule has 0 amide bonds. The van der Waals surface area contributed by atoms with E-state index >= 15 is 0 Å². The molecular weight excluding hydrogens is 236 g/mol. The maximum atomic E-state index is 4.48. The van der Waals surface area contributed by atoms with E-state index in [1.54, 1.807) is 0 Å². The maximum absolute atomic E-state index is 4.48. The second-order valence-corrected chi connectivity index (χ2v) is 4.51. The Labute approximate surface area is 114 Å². The van der Waals surface area contributed by atoms with Gasteiger partial charge < -0.3 is 10.6 Å². The zero-order valence-electron chi connectivity index (χ0n) is 11.9. The summed E-state index contributed by atoms with van der Waals surface area (Å²) in [5.74, 6) is 0. The van der Waals surface area contributed by atoms with Crippen molar-refractivity contribution in [2.45, 2.75) is 13.8 Å². The summed E-state index contributed by atoms with van der Waals surface area (Å²) in [6.07, 6.45) is 5.99. The first-order valence-corrected chi connectivity index (χ1v) is 6.40. The Kier molecular flexibility index (Phi) is 4.00. The SMILES string of the molecule is CN=C(/C(C)=C(\C)NC)c1cnc2c(c1)NCC=C2. The third kappa shape index (κ3) is 2.67. The van der Waals surface area contributed by atoms with Crippen molar-refractivity contribution in [1.82, 2.24) is 10.3 Å². The summed E-state index contributed by atoms with van der Waals surface area (Å²) >= 11 is 0. The van der Waals surface area contributed by atoms with Crippen LogP contribution in [0.3, 0.4) is 0 Å². The molecule has 2 rings (SSSR count). The van der Waals surface area contributed by atoms with Gasteiger partial charge in [0.1, 0.15) is 0 Å². The summed E-state index contributed by atoms with van der Waals surface area (Å²) in [4.78, 5) is 8.89. The van der Waals surface area contributed by atoms with E-state index in [1.807, 2.05) is 33.3 Å². The fourth-order valence-corrected chi connectivity index (χ4v) is 2.10. The first-order valence-electron chi connectivity index (χ1n) is 6.40. The summed E-state index contributed by atoms with van der Waals surface area (Å²) in [6, 6.07) is 2.11. The third-order valence-corrected chi connectivity index (χ3v) is 3.39. The van der Waals surface area contributed by atoms with Gasteiger partial charge in [-0.2, -0.15) is 0 Å². The molecule has 2 heterocycles. The van der Waals surface area contributed by atoms with Crippen molar-refractivity contribution in [1.29, 1.82) is 0 Å². The van der Waals surface area contributed by atoms with Crippen molar-refractivity contribution in [2.24, 2.45) is 4.99 Å². The van der Waals surface area contributed by atoms with Crippen molar-refractivity contribution in [3.05, 3.63) is 40.9 Å². The lowest BCUT2D eigenvalue weighted by Gasteiger charge is -2.15. The molecule has 0 spiro atoms. The van der Waals surface area contributed by atoms with Crippen LogP contribution in [0.15, 0.2) is 34.6 Å². The van der Waals surface area contributed by atoms with Crippen molar-refractivity contribution in [2.75, 3.05) is 26.0 Å². The van der Waals surface area contributed by atoms with Crippen LogP contribution in [0.4, 0.5) is 5.69 Å². The Bertz CT molecular complexity index is 568. The molecule has 0 unspecified atom stereocenters. The normalized spacial score (nSPS) is 15.5. The Morgan fingerprint density at radius 1 is 1.42 bits per heavy atom. The topological polar surface area (TPSA) is 49.3 Å². The zero-order chi connectivity index (χ0) is 13.8. The molecular formula is C15H20N4. The molecule has 4 nitrogen and oxygen atoms in total. The fraction of sp³-hybridized carbons (Fsp3) is 0.333. The van der Waals surface area contributed by atoms with Crippen molar-refractivity contribution in [3.8, 4) is 0 Å². The van der Waals surface area contributed by atoms with E-state index in [1.165, 1.54) is 0 Å². The molecule has 0 bridgehead atoms. The minimum Gasteiger partial charge on any atom is -0.391 e. The minimum absolute atomic E-state index is 0.848. The van der Waals surface area contributed by atoms with Gasteiger partial charge in [0, 0.05) is 38.1 Å². The lowest BCUT2D eigenvalue weighted by atomic mass is 10.0. The minimum atomic E-state index is 0.848. The highest BCUT2D eigenvalue weighted by molar-refractivity contribution is 6.13. The highest BCUT2D eigenvalue weighted by atomic mass is 14.9. The molecule has 2 N–H and O–H groups in total. The third-order valence-electron chi connectivity index (χ3n) is 3.39. The van der Waals surface area contributed by atoms with Crippen LogP contribution >= 0.6 is 0 Å². The van der Waals surface area contributed by atoms with Gasteiger partial charge in [-0.05, 0) is 31.6 Å². The predicted octanol–water partition coefficient (Wildman–Crippen LogP) is 2.45. The van der Waals surface area contributed by atoms with Gasteiger partial charge in [-0.25, -0.2) is 0 Å². The summed E-state index contributed by atoms with van der Waals surface area (Å²) in [7, 11) is 3.73. The molecule has 1 aliphatic heterocycles. The largest absolute Gasteiger partial charge is 0.391 e. The highest BCUT2D eigenvalue weighted by Crippen LogP contribution is 2.21. The van der Waals surface area contributed by atoms with Crippen molar-refractivity contribution in [3.63, 3.8) is 0 Å². The van der Waals surface area contributed by atoms with Crippen molar-refractivity contribution < 1.29 is 0 Å². The number of fused-ring (bicyclic) bond motifs is 1. The van der Waals surface area contributed by atoms with Gasteiger partial charge >= 0.3 is 0 Å². The van der Waals surface area contributed by atoms with Crippen LogP contribution < -0.4 is 10.6 Å². The van der Waals surface area contributed by atoms with E-state index in [0.29, 0.717) is 0 Å². The Balaban J connectivity index is 2.44. The van der Waals surface area contributed by atoms with Gasteiger partial charge in [0.25, 0.3) is 0 Å². The molecule has 0 fully saturated rings. The van der Waals surface area contributed by atoms with E-state index in [9.17, 15) is 0 Å². The van der Waals surface area contributed by atoms with Gasteiger partial charge in [0.2, 0.25) is 0 Å². The quantitative estimate of drug-likeness (QED) is 0.817. The molecule has 0 atom stereocenters. The van der Waals surface area contributed by atoms with Crippen LogP contribution in [0.1, 0.15) is 25.1 Å². The van der Waals surface area contributed by atoms with Crippen LogP contribution in [0, 0.1) is 0 Å². The van der Waals surface area contributed by atoms with Gasteiger partial charge in [0.05, 0.1) is 17.1 Å². The Morgan fingerprint density at radius 2 is 2.21 bits per heavy atom. The number of anilines is 1. The highest BCUT2D eigenvalue weighted by Gasteiger charge is 2.12. The van der Waals surface area contributed by atoms with Crippen molar-refractivity contribution >= 4 is 17.5 Å². The van der Waals surface area contributed by atoms with E-state index in [4.69, 9.17) is 0 Å². The molecule has 1 aromatic heterocycles. The number of hydrogen-bond donors (Lipinski definition) is 2. The fourth-order valence-electron chi connectivity index (χ4n) is 2.10. The first-order chi connectivity index (χ1) is 9.17. The average molecular weight is 256 g/mol. The molecule has 0 saturated carbocycles. The Hall–Kier alpha value is -2.10. The molecule has 0 aromatic carbocycles. The summed E-state index contributed by atoms with van der Waals surface area (Å²) < 4.78 is 0. The summed E-state index contributed by atoms with van der Waals surface area (Å²) in [6.45, 7) is 4.97. The van der Waals surface area contributed by atoms with E-state index in [0.717, 1.165) is 40.5 Å². The average Bonchev–Trinajstić information content (AvgIpc) is 2.46. The van der Waals surface area contributed by atoms with Crippen LogP contribution in [0.2, 0.25) is 0 Å². The number of nitrogens with one attached hydrogen (secondary N) is 2. The number of hydrogen-bond acceptors (Lipinski definition) is 4. The molecule has 0 saturated heterocycles. The molecule has 1 aromatic rings.